The van der Waals surface area contributed by atoms with Gasteiger partial charge in [0.2, 0.25) is 0 Å². The van der Waals surface area contributed by atoms with Gasteiger partial charge in [-0.1, -0.05) is 262 Å². The van der Waals surface area contributed by atoms with Crippen molar-refractivity contribution in [1.82, 2.24) is 14.7 Å². The summed E-state index contributed by atoms with van der Waals surface area (Å²) in [6.45, 7) is 33.3. The molecule has 2 unspecified atom stereocenters. The lowest BCUT2D eigenvalue weighted by atomic mass is 9.98. The molecule has 1 rings (SSSR count). The molecule has 0 aliphatic carbocycles. The van der Waals surface area contributed by atoms with Crippen LogP contribution in [-0.4, -0.2) is 166 Å². The van der Waals surface area contributed by atoms with Gasteiger partial charge >= 0.3 is 47.8 Å². The van der Waals surface area contributed by atoms with Gasteiger partial charge in [0.15, 0.2) is 0 Å². The standard InChI is InChI=1S/C31H60N2O6.C29H57NO4.C13H28O.C4H2O3.C3H4O2/c1-5-7-20-32(21-8-6-2)22-17-23-33(24-19-29(34)35)28(26-30(36)37)31(38)39-25-16-14-12-10-9-11-13-15-18-27(3)4;1-5-7-21-30(22-8-6-2)23-17-16-20-27(25-28(31)32)29(33)34-24-18-14-12-10-9-11-13-15-19-26(3)4;1-13(2)11-9-7-5-3-4-6-8-10-12-14;5-3-1-2-4(6)7-3;1-2-3(4)5/h27-28H,5-26H2,1-4H3,(H,34,35)(H,36,37);26-27H,5-25H2,1-4H3,(H,31,32);13-14H,3-12H2,1-2H3;1-2H;2H,1H2,(H,4,5). The minimum Gasteiger partial charge on any atom is -0.481 e. The van der Waals surface area contributed by atoms with Crippen molar-refractivity contribution in [3.8, 4) is 0 Å². The highest BCUT2D eigenvalue weighted by Gasteiger charge is 2.30. The highest BCUT2D eigenvalue weighted by molar-refractivity contribution is 6.04. The lowest BCUT2D eigenvalue weighted by molar-refractivity contribution is -0.155. The van der Waals surface area contributed by atoms with Crippen LogP contribution in [-0.2, 0) is 52.6 Å². The van der Waals surface area contributed by atoms with Gasteiger partial charge in [0.25, 0.3) is 0 Å². The smallest absolute Gasteiger partial charge is 0.338 e. The lowest BCUT2D eigenvalue weighted by Gasteiger charge is -2.30. The third kappa shape index (κ3) is 78.9. The van der Waals surface area contributed by atoms with Crippen LogP contribution in [0.15, 0.2) is 24.8 Å². The Morgan fingerprint density at radius 2 is 0.737 bits per heavy atom. The van der Waals surface area contributed by atoms with Crippen LogP contribution in [0.2, 0.25) is 0 Å². The third-order valence-electron chi connectivity index (χ3n) is 17.2. The van der Waals surface area contributed by atoms with Crippen molar-refractivity contribution in [3.05, 3.63) is 24.8 Å². The second-order valence-corrected chi connectivity index (χ2v) is 28.2. The quantitative estimate of drug-likeness (QED) is 0.0124. The molecule has 1 aliphatic rings. The van der Waals surface area contributed by atoms with E-state index in [4.69, 9.17) is 19.7 Å². The fourth-order valence-electron chi connectivity index (χ4n) is 11.1. The number of hydrogen-bond donors (Lipinski definition) is 5. The topological polar surface area (TPSA) is 275 Å². The summed E-state index contributed by atoms with van der Waals surface area (Å²) >= 11 is 0. The average molecular weight is 1410 g/mol. The maximum Gasteiger partial charge on any atom is 0.338 e. The first-order valence-corrected chi connectivity index (χ1v) is 39.5. The third-order valence-corrected chi connectivity index (χ3v) is 17.2. The number of carbonyl (C=O) groups excluding carboxylic acids is 4. The lowest BCUT2D eigenvalue weighted by Crippen LogP contribution is -2.46. The van der Waals surface area contributed by atoms with Crippen molar-refractivity contribution in [1.29, 1.82) is 0 Å². The molecular formula is C80H151N3O16. The van der Waals surface area contributed by atoms with Crippen molar-refractivity contribution in [2.75, 3.05) is 72.2 Å². The molecular weight excluding hydrogens is 1260 g/mol. The maximum absolute atomic E-state index is 12.9. The Kier molecular flexibility index (Phi) is 77.2. The Bertz CT molecular complexity index is 1930. The summed E-state index contributed by atoms with van der Waals surface area (Å²) < 4.78 is 14.9. The number of rotatable bonds is 64. The number of cyclic esters (lactones) is 2. The Morgan fingerprint density at radius 1 is 0.414 bits per heavy atom. The Morgan fingerprint density at radius 3 is 1.05 bits per heavy atom. The Hall–Kier alpha value is -4.72. The van der Waals surface area contributed by atoms with E-state index in [1.807, 2.05) is 0 Å². The molecule has 0 saturated carbocycles. The number of carboxylic acid groups (broad SMARTS) is 4. The molecule has 5 N–H and O–H groups in total. The minimum absolute atomic E-state index is 0.120. The molecule has 0 aromatic heterocycles. The minimum atomic E-state index is -1.09. The monoisotopic (exact) mass is 1410 g/mol. The molecule has 2 atom stereocenters. The number of aliphatic hydroxyl groups excluding tert-OH is 1. The molecule has 0 amide bonds. The largest absolute Gasteiger partial charge is 0.481 e. The van der Waals surface area contributed by atoms with E-state index < -0.39 is 53.7 Å². The van der Waals surface area contributed by atoms with E-state index in [0.717, 1.165) is 159 Å². The number of aliphatic carboxylic acids is 4. The molecule has 0 radical (unpaired) electrons. The van der Waals surface area contributed by atoms with E-state index in [9.17, 15) is 53.7 Å². The zero-order valence-electron chi connectivity index (χ0n) is 64.9. The van der Waals surface area contributed by atoms with E-state index in [1.165, 1.54) is 161 Å². The summed E-state index contributed by atoms with van der Waals surface area (Å²) in [7, 11) is 0. The van der Waals surface area contributed by atoms with Crippen LogP contribution in [0.1, 0.15) is 339 Å². The number of esters is 4. The molecule has 0 aromatic rings. The van der Waals surface area contributed by atoms with Crippen molar-refractivity contribution in [3.63, 3.8) is 0 Å². The summed E-state index contributed by atoms with van der Waals surface area (Å²) in [5.74, 6) is -4.01. The van der Waals surface area contributed by atoms with Gasteiger partial charge in [0.1, 0.15) is 6.04 Å². The van der Waals surface area contributed by atoms with Crippen LogP contribution in [0.5, 0.6) is 0 Å². The molecule has 0 aromatic carbocycles. The highest BCUT2D eigenvalue weighted by atomic mass is 16.6. The van der Waals surface area contributed by atoms with Gasteiger partial charge in [0, 0.05) is 37.9 Å². The van der Waals surface area contributed by atoms with Gasteiger partial charge in [-0.2, -0.15) is 0 Å². The maximum atomic E-state index is 12.9. The van der Waals surface area contributed by atoms with E-state index >= 15 is 0 Å². The zero-order valence-corrected chi connectivity index (χ0v) is 64.9. The molecule has 0 saturated heterocycles. The summed E-state index contributed by atoms with van der Waals surface area (Å²) in [5.41, 5.74) is 0. The number of carbonyl (C=O) groups is 8. The van der Waals surface area contributed by atoms with Gasteiger partial charge in [-0.05, 0) is 121 Å². The van der Waals surface area contributed by atoms with E-state index in [2.05, 4.69) is 90.4 Å². The average Bonchev–Trinajstić information content (AvgIpc) is 1.40. The number of ether oxygens (including phenoxy) is 3. The molecule has 1 heterocycles. The van der Waals surface area contributed by atoms with Crippen LogP contribution >= 0.6 is 0 Å². The molecule has 19 heteroatoms. The van der Waals surface area contributed by atoms with Crippen LogP contribution in [0.25, 0.3) is 0 Å². The normalized spacial score (nSPS) is 12.3. The van der Waals surface area contributed by atoms with Gasteiger partial charge in [0.05, 0.1) is 38.4 Å². The molecule has 0 fully saturated rings. The molecule has 0 spiro atoms. The Labute approximate surface area is 603 Å². The molecule has 0 bridgehead atoms. The van der Waals surface area contributed by atoms with Gasteiger partial charge in [-0.15, -0.1) is 0 Å². The fourth-order valence-corrected chi connectivity index (χ4v) is 11.1. The predicted octanol–water partition coefficient (Wildman–Crippen LogP) is 18.5. The Balaban J connectivity index is -0.000000671. The number of unbranched alkanes of at least 4 members (excludes halogenated alkanes) is 26. The molecule has 582 valence electrons. The predicted molar refractivity (Wildman–Crippen MR) is 403 cm³/mol. The van der Waals surface area contributed by atoms with Crippen molar-refractivity contribution in [2.24, 2.45) is 23.7 Å². The number of hydrogen-bond acceptors (Lipinski definition) is 15. The van der Waals surface area contributed by atoms with Crippen LogP contribution < -0.4 is 0 Å². The second kappa shape index (κ2) is 75.9. The van der Waals surface area contributed by atoms with Crippen LogP contribution in [0, 0.1) is 23.7 Å². The van der Waals surface area contributed by atoms with Crippen molar-refractivity contribution in [2.45, 2.75) is 345 Å². The first-order valence-electron chi connectivity index (χ1n) is 39.5. The first kappa shape index (κ1) is 101. The fraction of sp³-hybridized carbons (Fsp3) is 0.850. The van der Waals surface area contributed by atoms with Gasteiger partial charge < -0.3 is 49.5 Å². The summed E-state index contributed by atoms with van der Waals surface area (Å²) in [6, 6.07) is -0.965. The van der Waals surface area contributed by atoms with Crippen molar-refractivity contribution >= 4 is 47.8 Å². The van der Waals surface area contributed by atoms with Crippen LogP contribution in [0.4, 0.5) is 0 Å². The second-order valence-electron chi connectivity index (χ2n) is 28.2. The first-order chi connectivity index (χ1) is 47.4. The summed E-state index contributed by atoms with van der Waals surface area (Å²) in [4.78, 5) is 95.3. The van der Waals surface area contributed by atoms with Crippen LogP contribution in [0.3, 0.4) is 0 Å². The molecule has 1 aliphatic heterocycles. The van der Waals surface area contributed by atoms with Crippen molar-refractivity contribution < 1.29 is 78.1 Å². The van der Waals surface area contributed by atoms with Gasteiger partial charge in [-0.25, -0.2) is 14.4 Å². The molecule has 19 nitrogen and oxygen atoms in total. The number of aliphatic hydroxyl groups is 1. The van der Waals surface area contributed by atoms with Gasteiger partial charge in [-0.3, -0.25) is 28.9 Å². The SMILES string of the molecule is C=CC(=O)O.CC(C)CCCCCCCCCCO.CCCCN(CCCC)CCCCC(CC(=O)O)C(=O)OCCCCCCCCCCC(C)C.CCCCN(CCCC)CCCN(CCC(=O)O)C(CC(=O)O)C(=O)OCCCCCCCCCCC(C)C.O=C1C=CC(=O)O1. The number of nitrogens with zero attached hydrogens (tertiary/aromatic N) is 3. The van der Waals surface area contributed by atoms with E-state index in [0.29, 0.717) is 26.2 Å². The zero-order chi connectivity index (χ0) is 75.0. The van der Waals surface area contributed by atoms with E-state index in [-0.39, 0.29) is 38.4 Å². The number of carboxylic acids is 4. The highest BCUT2D eigenvalue weighted by Crippen LogP contribution is 2.20. The molecule has 99 heavy (non-hydrogen) atoms. The summed E-state index contributed by atoms with van der Waals surface area (Å²) in [5, 5.41) is 44.1. The summed E-state index contributed by atoms with van der Waals surface area (Å²) in [6.07, 6.45) is 48.4. The van der Waals surface area contributed by atoms with E-state index in [1.54, 1.807) is 4.90 Å².